The molecule has 102 valence electrons. The Labute approximate surface area is 106 Å². The normalized spacial score (nSPS) is 13.7. The van der Waals surface area contributed by atoms with Crippen molar-refractivity contribution in [3.8, 4) is 0 Å². The largest absolute Gasteiger partial charge is 0.418 e. The fourth-order valence-electron chi connectivity index (χ4n) is 2.16. The lowest BCUT2D eigenvalue weighted by Gasteiger charge is -2.21. The van der Waals surface area contributed by atoms with Gasteiger partial charge in [0, 0.05) is 0 Å². The molecule has 0 aliphatic rings. The summed E-state index contributed by atoms with van der Waals surface area (Å²) in [6.45, 7) is 3.83. The summed E-state index contributed by atoms with van der Waals surface area (Å²) in [5.41, 5.74) is 1.27. The van der Waals surface area contributed by atoms with Crippen molar-refractivity contribution in [1.82, 2.24) is 0 Å². The van der Waals surface area contributed by atoms with Crippen LogP contribution in [0.25, 0.3) is 0 Å². The van der Waals surface area contributed by atoms with E-state index in [2.05, 4.69) is 0 Å². The van der Waals surface area contributed by atoms with Gasteiger partial charge >= 0.3 is 6.18 Å². The summed E-state index contributed by atoms with van der Waals surface area (Å²) in [4.78, 5) is 0. The molecule has 4 heteroatoms. The van der Waals surface area contributed by atoms with Gasteiger partial charge in [0.1, 0.15) is 0 Å². The van der Waals surface area contributed by atoms with Gasteiger partial charge in [-0.05, 0) is 29.5 Å². The zero-order chi connectivity index (χ0) is 13.8. The molecule has 1 rings (SSSR count). The lowest BCUT2D eigenvalue weighted by Crippen LogP contribution is -2.23. The van der Waals surface area contributed by atoms with Crippen LogP contribution in [0, 0.1) is 0 Å². The van der Waals surface area contributed by atoms with Crippen LogP contribution in [0.1, 0.15) is 49.5 Å². The topological polar surface area (TPSA) is 20.2 Å². The minimum Gasteiger partial charge on any atom is -0.379 e. The first-order valence-electron chi connectivity index (χ1n) is 6.27. The van der Waals surface area contributed by atoms with Crippen molar-refractivity contribution >= 4 is 0 Å². The Bertz CT molecular complexity index is 361. The quantitative estimate of drug-likeness (QED) is 0.841. The van der Waals surface area contributed by atoms with Crippen molar-refractivity contribution in [1.29, 1.82) is 0 Å². The van der Waals surface area contributed by atoms with Crippen LogP contribution in [0.3, 0.4) is 0 Å². The van der Waals surface area contributed by atoms with Gasteiger partial charge in [-0.2, -0.15) is 13.2 Å². The summed E-state index contributed by atoms with van der Waals surface area (Å²) in [5.74, 6) is 0. The minimum atomic E-state index is -4.60. The number of alkyl halides is 3. The second kappa shape index (κ2) is 6.23. The molecule has 1 aromatic rings. The molecule has 0 saturated heterocycles. The van der Waals surface area contributed by atoms with Crippen molar-refractivity contribution in [3.05, 3.63) is 34.9 Å². The van der Waals surface area contributed by atoms with Crippen LogP contribution in [0.2, 0.25) is 0 Å². The van der Waals surface area contributed by atoms with E-state index in [1.807, 2.05) is 13.8 Å². The van der Waals surface area contributed by atoms with E-state index in [1.54, 1.807) is 18.2 Å². The molecule has 0 fully saturated rings. The maximum absolute atomic E-state index is 12.7. The Balaban J connectivity index is 3.25. The number of hydrogen-bond donors (Lipinski definition) is 1. The third kappa shape index (κ3) is 3.48. The van der Waals surface area contributed by atoms with Crippen molar-refractivity contribution in [3.63, 3.8) is 0 Å². The molecule has 0 radical (unpaired) electrons. The molecule has 0 saturated carbocycles. The maximum Gasteiger partial charge on any atom is 0.418 e. The molecular weight excluding hydrogens is 241 g/mol. The first kappa shape index (κ1) is 15.0. The molecule has 1 N–H and O–H groups in total. The Morgan fingerprint density at radius 1 is 1.06 bits per heavy atom. The Morgan fingerprint density at radius 3 is 1.83 bits per heavy atom. The Kier molecular flexibility index (Phi) is 5.20. The van der Waals surface area contributed by atoms with Crippen LogP contribution in [-0.2, 0) is 12.8 Å². The van der Waals surface area contributed by atoms with Gasteiger partial charge in [-0.1, -0.05) is 44.9 Å². The van der Waals surface area contributed by atoms with Gasteiger partial charge in [0.25, 0.3) is 0 Å². The van der Waals surface area contributed by atoms with Crippen LogP contribution in [-0.4, -0.2) is 11.3 Å². The molecule has 1 unspecified atom stereocenters. The number of aliphatic hydroxyl groups is 1. The molecule has 1 nitrogen and oxygen atoms in total. The van der Waals surface area contributed by atoms with E-state index in [-0.39, 0.29) is 5.56 Å². The Hall–Kier alpha value is -1.03. The standard InChI is InChI=1S/C14H19F3O/c1-3-6-10-8-5-9-11(7-4-2)12(10)13(18)14(15,16)17/h5,8-9,13,18H,3-4,6-7H2,1-2H3. The number of hydrogen-bond acceptors (Lipinski definition) is 1. The van der Waals surface area contributed by atoms with Crippen LogP contribution in [0.4, 0.5) is 13.2 Å². The second-order valence-corrected chi connectivity index (χ2v) is 4.43. The van der Waals surface area contributed by atoms with E-state index >= 15 is 0 Å². The number of aliphatic hydroxyl groups excluding tert-OH is 1. The van der Waals surface area contributed by atoms with Crippen LogP contribution >= 0.6 is 0 Å². The monoisotopic (exact) mass is 260 g/mol. The fraction of sp³-hybridized carbons (Fsp3) is 0.571. The lowest BCUT2D eigenvalue weighted by atomic mass is 9.91. The highest BCUT2D eigenvalue weighted by molar-refractivity contribution is 5.38. The third-order valence-corrected chi connectivity index (χ3v) is 2.91. The van der Waals surface area contributed by atoms with Crippen molar-refractivity contribution in [2.45, 2.75) is 51.8 Å². The molecule has 18 heavy (non-hydrogen) atoms. The van der Waals surface area contributed by atoms with E-state index in [0.29, 0.717) is 24.0 Å². The number of rotatable bonds is 5. The summed E-state index contributed by atoms with van der Waals surface area (Å²) < 4.78 is 38.2. The molecule has 0 heterocycles. The molecule has 0 spiro atoms. The van der Waals surface area contributed by atoms with Gasteiger partial charge in [0.05, 0.1) is 0 Å². The van der Waals surface area contributed by atoms with E-state index < -0.39 is 12.3 Å². The number of benzene rings is 1. The van der Waals surface area contributed by atoms with E-state index in [0.717, 1.165) is 12.8 Å². The molecule has 0 aromatic heterocycles. The fourth-order valence-corrected chi connectivity index (χ4v) is 2.16. The third-order valence-electron chi connectivity index (χ3n) is 2.91. The van der Waals surface area contributed by atoms with Crippen molar-refractivity contribution < 1.29 is 18.3 Å². The summed E-state index contributed by atoms with van der Waals surface area (Å²) >= 11 is 0. The highest BCUT2D eigenvalue weighted by atomic mass is 19.4. The zero-order valence-corrected chi connectivity index (χ0v) is 10.7. The van der Waals surface area contributed by atoms with E-state index in [9.17, 15) is 18.3 Å². The lowest BCUT2D eigenvalue weighted by molar-refractivity contribution is -0.207. The zero-order valence-electron chi connectivity index (χ0n) is 10.7. The first-order valence-corrected chi connectivity index (χ1v) is 6.27. The van der Waals surface area contributed by atoms with Crippen LogP contribution < -0.4 is 0 Å². The first-order chi connectivity index (χ1) is 8.41. The molecule has 0 amide bonds. The Morgan fingerprint density at radius 2 is 1.50 bits per heavy atom. The summed E-state index contributed by atoms with van der Waals surface area (Å²) in [6, 6.07) is 5.11. The highest BCUT2D eigenvalue weighted by Crippen LogP contribution is 2.36. The molecular formula is C14H19F3O. The average Bonchev–Trinajstić information content (AvgIpc) is 2.28. The van der Waals surface area contributed by atoms with E-state index in [1.165, 1.54) is 0 Å². The molecule has 0 bridgehead atoms. The smallest absolute Gasteiger partial charge is 0.379 e. The van der Waals surface area contributed by atoms with Gasteiger partial charge in [0.15, 0.2) is 6.10 Å². The van der Waals surface area contributed by atoms with Crippen LogP contribution in [0.15, 0.2) is 18.2 Å². The summed E-state index contributed by atoms with van der Waals surface area (Å²) in [7, 11) is 0. The highest BCUT2D eigenvalue weighted by Gasteiger charge is 2.41. The minimum absolute atomic E-state index is 0.0636. The molecule has 0 aliphatic heterocycles. The SMILES string of the molecule is CCCc1cccc(CCC)c1C(O)C(F)(F)F. The van der Waals surface area contributed by atoms with Gasteiger partial charge in [0.2, 0.25) is 0 Å². The van der Waals surface area contributed by atoms with Crippen LogP contribution in [0.5, 0.6) is 0 Å². The van der Waals surface area contributed by atoms with Gasteiger partial charge in [-0.25, -0.2) is 0 Å². The molecule has 1 aromatic carbocycles. The number of halogens is 3. The van der Waals surface area contributed by atoms with Gasteiger partial charge < -0.3 is 5.11 Å². The predicted molar refractivity (Wildman–Crippen MR) is 65.4 cm³/mol. The van der Waals surface area contributed by atoms with Gasteiger partial charge in [-0.15, -0.1) is 0 Å². The summed E-state index contributed by atoms with van der Waals surface area (Å²) in [6.07, 6.45) is -4.35. The summed E-state index contributed by atoms with van der Waals surface area (Å²) in [5, 5.41) is 9.55. The number of aryl methyl sites for hydroxylation is 2. The maximum atomic E-state index is 12.7. The molecule has 1 atom stereocenters. The van der Waals surface area contributed by atoms with Gasteiger partial charge in [-0.3, -0.25) is 0 Å². The average molecular weight is 260 g/mol. The van der Waals surface area contributed by atoms with E-state index in [4.69, 9.17) is 0 Å². The van der Waals surface area contributed by atoms with Crippen molar-refractivity contribution in [2.75, 3.05) is 0 Å². The predicted octanol–water partition coefficient (Wildman–Crippen LogP) is 4.19. The van der Waals surface area contributed by atoms with Crippen molar-refractivity contribution in [2.24, 2.45) is 0 Å². The second-order valence-electron chi connectivity index (χ2n) is 4.43. The molecule has 0 aliphatic carbocycles.